The molecule has 8 nitrogen and oxygen atoms in total. The van der Waals surface area contributed by atoms with Gasteiger partial charge in [-0.15, -0.1) is 0 Å². The number of esters is 1. The molecule has 2 aliphatic rings. The van der Waals surface area contributed by atoms with Crippen molar-refractivity contribution in [1.29, 1.82) is 0 Å². The molecule has 150 valence electrons. The van der Waals surface area contributed by atoms with Gasteiger partial charge < -0.3 is 19.1 Å². The largest absolute Gasteiger partial charge is 0.466 e. The quantitative estimate of drug-likeness (QED) is 0.668. The van der Waals surface area contributed by atoms with Crippen LogP contribution < -0.4 is 0 Å². The molecular weight excluding hydrogens is 350 g/mol. The van der Waals surface area contributed by atoms with E-state index in [0.29, 0.717) is 32.0 Å². The van der Waals surface area contributed by atoms with E-state index in [1.54, 1.807) is 22.6 Å². The van der Waals surface area contributed by atoms with Crippen molar-refractivity contribution in [3.05, 3.63) is 17.5 Å². The van der Waals surface area contributed by atoms with Crippen LogP contribution in [0.3, 0.4) is 0 Å². The minimum absolute atomic E-state index is 0.119. The van der Waals surface area contributed by atoms with E-state index in [4.69, 9.17) is 14.2 Å². The van der Waals surface area contributed by atoms with Gasteiger partial charge >= 0.3 is 5.97 Å². The van der Waals surface area contributed by atoms with Crippen molar-refractivity contribution in [2.24, 2.45) is 18.9 Å². The number of aryl methyl sites for hydroxylation is 2. The van der Waals surface area contributed by atoms with Crippen molar-refractivity contribution in [3.8, 4) is 0 Å². The van der Waals surface area contributed by atoms with Crippen LogP contribution in [-0.2, 0) is 26.1 Å². The van der Waals surface area contributed by atoms with Gasteiger partial charge in [0.1, 0.15) is 6.10 Å². The number of carbonyl (C=O) groups excluding carboxylic acids is 2. The number of hydrogen-bond donors (Lipinski definition) is 0. The fraction of sp³-hybridized carbons (Fsp3) is 0.737. The topological polar surface area (TPSA) is 82.9 Å². The van der Waals surface area contributed by atoms with Crippen molar-refractivity contribution in [3.63, 3.8) is 0 Å². The number of aromatic nitrogens is 2. The summed E-state index contributed by atoms with van der Waals surface area (Å²) in [4.78, 5) is 26.7. The first-order chi connectivity index (χ1) is 12.7. The van der Waals surface area contributed by atoms with Crippen LogP contribution in [0.1, 0.15) is 43.4 Å². The Morgan fingerprint density at radius 1 is 1.41 bits per heavy atom. The number of ether oxygens (including phenoxy) is 3. The average Bonchev–Trinajstić information content (AvgIpc) is 3.17. The van der Waals surface area contributed by atoms with E-state index in [0.717, 1.165) is 12.1 Å². The Morgan fingerprint density at radius 2 is 2.15 bits per heavy atom. The van der Waals surface area contributed by atoms with Crippen molar-refractivity contribution >= 4 is 11.9 Å². The molecule has 2 fully saturated rings. The zero-order valence-electron chi connectivity index (χ0n) is 16.7. The Bertz CT molecular complexity index is 695. The summed E-state index contributed by atoms with van der Waals surface area (Å²) >= 11 is 0. The third-order valence-electron chi connectivity index (χ3n) is 5.08. The standard InChI is InChI=1S/C19H29N3O5/c1-6-25-18(24)15-8-13(15)9-22(10-14-11-26-19(3,4)27-14)17(23)16-7-12(2)21(5)20-16/h7,13-15H,6,8-11H2,1-5H3/t13-,14-,15+/m1/s1. The zero-order valence-corrected chi connectivity index (χ0v) is 16.7. The molecule has 1 saturated heterocycles. The highest BCUT2D eigenvalue weighted by molar-refractivity contribution is 5.92. The monoisotopic (exact) mass is 379 g/mol. The Hall–Kier alpha value is -1.93. The maximum absolute atomic E-state index is 13.1. The van der Waals surface area contributed by atoms with Gasteiger partial charge in [-0.3, -0.25) is 14.3 Å². The van der Waals surface area contributed by atoms with Crippen LogP contribution in [0.15, 0.2) is 6.07 Å². The molecule has 0 bridgehead atoms. The molecule has 1 aromatic heterocycles. The minimum atomic E-state index is -0.645. The predicted molar refractivity (Wildman–Crippen MR) is 97.0 cm³/mol. The molecule has 0 aromatic carbocycles. The predicted octanol–water partition coefficient (Wildman–Crippen LogP) is 1.52. The van der Waals surface area contributed by atoms with Crippen LogP contribution in [0.25, 0.3) is 0 Å². The van der Waals surface area contributed by atoms with Gasteiger partial charge in [-0.2, -0.15) is 5.10 Å². The average molecular weight is 379 g/mol. The highest BCUT2D eigenvalue weighted by Crippen LogP contribution is 2.40. The zero-order chi connectivity index (χ0) is 19.8. The first kappa shape index (κ1) is 19.8. The number of hydrogen-bond acceptors (Lipinski definition) is 6. The lowest BCUT2D eigenvalue weighted by molar-refractivity contribution is -0.145. The van der Waals surface area contributed by atoms with Crippen molar-refractivity contribution in [1.82, 2.24) is 14.7 Å². The molecule has 0 N–H and O–H groups in total. The van der Waals surface area contributed by atoms with Crippen LogP contribution in [0.5, 0.6) is 0 Å². The molecule has 1 aliphatic carbocycles. The highest BCUT2D eigenvalue weighted by Gasteiger charge is 2.46. The Kier molecular flexibility index (Phi) is 5.58. The summed E-state index contributed by atoms with van der Waals surface area (Å²) in [6.45, 7) is 9.13. The fourth-order valence-electron chi connectivity index (χ4n) is 3.44. The first-order valence-corrected chi connectivity index (χ1v) is 9.48. The number of nitrogens with zero attached hydrogens (tertiary/aromatic N) is 3. The molecule has 3 rings (SSSR count). The number of rotatable bonds is 7. The molecule has 1 aromatic rings. The maximum atomic E-state index is 13.1. The van der Waals surface area contributed by atoms with Crippen LogP contribution in [0.2, 0.25) is 0 Å². The second-order valence-corrected chi connectivity index (χ2v) is 7.81. The van der Waals surface area contributed by atoms with Crippen molar-refractivity contribution in [2.75, 3.05) is 26.3 Å². The van der Waals surface area contributed by atoms with Gasteiger partial charge in [-0.05, 0) is 46.1 Å². The Labute approximate surface area is 159 Å². The van der Waals surface area contributed by atoms with Gasteiger partial charge in [0.25, 0.3) is 5.91 Å². The molecule has 27 heavy (non-hydrogen) atoms. The van der Waals surface area contributed by atoms with E-state index in [2.05, 4.69) is 5.10 Å². The van der Waals surface area contributed by atoms with Gasteiger partial charge in [0, 0.05) is 25.8 Å². The molecule has 1 amide bonds. The molecule has 1 saturated carbocycles. The molecular formula is C19H29N3O5. The summed E-state index contributed by atoms with van der Waals surface area (Å²) < 4.78 is 18.3. The molecule has 0 spiro atoms. The van der Waals surface area contributed by atoms with Gasteiger partial charge in [-0.25, -0.2) is 0 Å². The van der Waals surface area contributed by atoms with Gasteiger partial charge in [0.2, 0.25) is 0 Å². The van der Waals surface area contributed by atoms with E-state index in [1.165, 1.54) is 0 Å². The molecule has 3 atom stereocenters. The summed E-state index contributed by atoms with van der Waals surface area (Å²) in [6, 6.07) is 1.78. The number of carbonyl (C=O) groups is 2. The van der Waals surface area contributed by atoms with E-state index in [1.807, 2.05) is 27.8 Å². The second-order valence-electron chi connectivity index (χ2n) is 7.81. The summed E-state index contributed by atoms with van der Waals surface area (Å²) in [5.74, 6) is -0.976. The summed E-state index contributed by atoms with van der Waals surface area (Å²) in [5.41, 5.74) is 1.32. The van der Waals surface area contributed by atoms with E-state index in [9.17, 15) is 9.59 Å². The first-order valence-electron chi connectivity index (χ1n) is 9.48. The molecule has 1 aliphatic heterocycles. The third kappa shape index (κ3) is 4.68. The molecule has 8 heteroatoms. The summed E-state index contributed by atoms with van der Waals surface area (Å²) in [7, 11) is 1.81. The van der Waals surface area contributed by atoms with E-state index < -0.39 is 5.79 Å². The van der Waals surface area contributed by atoms with Crippen LogP contribution in [0.4, 0.5) is 0 Å². The van der Waals surface area contributed by atoms with Gasteiger partial charge in [-0.1, -0.05) is 0 Å². The lowest BCUT2D eigenvalue weighted by atomic mass is 10.2. The minimum Gasteiger partial charge on any atom is -0.466 e. The second kappa shape index (κ2) is 7.59. The highest BCUT2D eigenvalue weighted by atomic mass is 16.7. The third-order valence-corrected chi connectivity index (χ3v) is 5.08. The molecule has 2 heterocycles. The normalized spacial score (nSPS) is 26.0. The van der Waals surface area contributed by atoms with Crippen LogP contribution >= 0.6 is 0 Å². The van der Waals surface area contributed by atoms with Gasteiger partial charge in [0.15, 0.2) is 11.5 Å². The SMILES string of the molecule is CCOC(=O)[C@H]1C[C@@H]1CN(C[C@@H]1COC(C)(C)O1)C(=O)c1cc(C)n(C)n1. The van der Waals surface area contributed by atoms with E-state index >= 15 is 0 Å². The summed E-state index contributed by atoms with van der Waals surface area (Å²) in [6.07, 6.45) is 0.547. The smallest absolute Gasteiger partial charge is 0.309 e. The van der Waals surface area contributed by atoms with Gasteiger partial charge in [0.05, 0.1) is 19.1 Å². The summed E-state index contributed by atoms with van der Waals surface area (Å²) in [5, 5.41) is 4.31. The Balaban J connectivity index is 1.69. The number of amides is 1. The lowest BCUT2D eigenvalue weighted by Gasteiger charge is -2.25. The Morgan fingerprint density at radius 3 is 2.70 bits per heavy atom. The molecule has 0 unspecified atom stereocenters. The van der Waals surface area contributed by atoms with E-state index in [-0.39, 0.29) is 29.8 Å². The molecule has 0 radical (unpaired) electrons. The fourth-order valence-corrected chi connectivity index (χ4v) is 3.44. The van der Waals surface area contributed by atoms with Crippen LogP contribution in [0, 0.1) is 18.8 Å². The van der Waals surface area contributed by atoms with Crippen molar-refractivity contribution in [2.45, 2.75) is 46.0 Å². The van der Waals surface area contributed by atoms with Crippen molar-refractivity contribution < 1.29 is 23.8 Å². The van der Waals surface area contributed by atoms with Crippen LogP contribution in [-0.4, -0.2) is 64.8 Å². The lowest BCUT2D eigenvalue weighted by Crippen LogP contribution is -2.41. The maximum Gasteiger partial charge on any atom is 0.309 e.